The Morgan fingerprint density at radius 2 is 1.83 bits per heavy atom. The van der Waals surface area contributed by atoms with Gasteiger partial charge in [-0.1, -0.05) is 0 Å². The first-order valence-corrected chi connectivity index (χ1v) is 9.20. The molecule has 0 spiro atoms. The number of halogens is 2. The molecule has 0 saturated heterocycles. The highest BCUT2D eigenvalue weighted by molar-refractivity contribution is 9.10. The average molecular weight is 430 g/mol. The molecule has 0 radical (unpaired) electrons. The van der Waals surface area contributed by atoms with Crippen molar-refractivity contribution >= 4 is 38.4 Å². The Kier molecular flexibility index (Phi) is 6.74. The van der Waals surface area contributed by atoms with Gasteiger partial charge in [0.2, 0.25) is 10.0 Å². The number of hydrogen-bond donors (Lipinski definition) is 2. The van der Waals surface area contributed by atoms with Gasteiger partial charge in [0.15, 0.2) is 11.5 Å². The van der Waals surface area contributed by atoms with Gasteiger partial charge in [0.25, 0.3) is 0 Å². The number of methoxy groups -OCH3 is 2. The maximum absolute atomic E-state index is 12.7. The van der Waals surface area contributed by atoms with E-state index in [1.54, 1.807) is 6.07 Å². The zero-order valence-electron chi connectivity index (χ0n) is 13.3. The fraction of sp³-hybridized carbons (Fsp3) is 0.571. The molecule has 0 amide bonds. The van der Waals surface area contributed by atoms with Crippen molar-refractivity contribution in [2.45, 2.75) is 30.2 Å². The van der Waals surface area contributed by atoms with E-state index in [2.05, 4.69) is 20.7 Å². The zero-order valence-corrected chi connectivity index (χ0v) is 16.5. The number of rotatable bonds is 7. The molecular weight excluding hydrogens is 408 g/mol. The Hall–Kier alpha value is -0.540. The zero-order chi connectivity index (χ0) is 16.5. The normalized spacial score (nSPS) is 17.1. The molecule has 23 heavy (non-hydrogen) atoms. The van der Waals surface area contributed by atoms with Gasteiger partial charge in [0.1, 0.15) is 4.90 Å². The lowest BCUT2D eigenvalue weighted by molar-refractivity contribution is 0.353. The molecule has 1 saturated carbocycles. The number of nitrogens with two attached hydrogens (primary N) is 1. The molecule has 1 aliphatic rings. The van der Waals surface area contributed by atoms with Crippen LogP contribution in [0.25, 0.3) is 0 Å². The van der Waals surface area contributed by atoms with Gasteiger partial charge >= 0.3 is 0 Å². The maximum Gasteiger partial charge on any atom is 0.242 e. The van der Waals surface area contributed by atoms with Gasteiger partial charge in [-0.2, -0.15) is 0 Å². The van der Waals surface area contributed by atoms with Crippen molar-refractivity contribution < 1.29 is 17.9 Å². The van der Waals surface area contributed by atoms with Gasteiger partial charge in [0, 0.05) is 22.6 Å². The average Bonchev–Trinajstić information content (AvgIpc) is 3.31. The third-order valence-corrected chi connectivity index (χ3v) is 6.57. The smallest absolute Gasteiger partial charge is 0.242 e. The van der Waals surface area contributed by atoms with Crippen LogP contribution < -0.4 is 19.9 Å². The molecule has 6 nitrogen and oxygen atoms in total. The van der Waals surface area contributed by atoms with Crippen molar-refractivity contribution in [2.24, 2.45) is 11.7 Å². The van der Waals surface area contributed by atoms with Crippen LogP contribution in [0.1, 0.15) is 19.8 Å². The molecule has 2 rings (SSSR count). The standard InChI is InChI=1S/C14H21BrN2O4S.ClH/c1-14(8-16,9-4-5-9)17-22(18,19)13-7-12(21-3)11(20-2)6-10(13)15;/h6-7,9,17H,4-5,8,16H2,1-3H3;1H. The molecule has 1 unspecified atom stereocenters. The monoisotopic (exact) mass is 428 g/mol. The minimum absolute atomic E-state index is 0. The van der Waals surface area contributed by atoms with Crippen LogP contribution in [0.4, 0.5) is 0 Å². The van der Waals surface area contributed by atoms with Gasteiger partial charge in [-0.05, 0) is 47.7 Å². The first-order chi connectivity index (χ1) is 10.3. The van der Waals surface area contributed by atoms with Gasteiger partial charge in [-0.25, -0.2) is 13.1 Å². The van der Waals surface area contributed by atoms with Crippen molar-refractivity contribution in [3.05, 3.63) is 16.6 Å². The predicted molar refractivity (Wildman–Crippen MR) is 95.0 cm³/mol. The SMILES string of the molecule is COc1cc(Br)c(S(=O)(=O)NC(C)(CN)C2CC2)cc1OC.Cl. The van der Waals surface area contributed by atoms with Gasteiger partial charge in [-0.3, -0.25) is 0 Å². The van der Waals surface area contributed by atoms with E-state index in [1.807, 2.05) is 6.92 Å². The van der Waals surface area contributed by atoms with Crippen molar-refractivity contribution in [3.8, 4) is 11.5 Å². The molecule has 1 aliphatic carbocycles. The minimum atomic E-state index is -3.74. The molecule has 1 fully saturated rings. The summed E-state index contributed by atoms with van der Waals surface area (Å²) in [5.74, 6) is 1.09. The van der Waals surface area contributed by atoms with Crippen molar-refractivity contribution in [1.29, 1.82) is 0 Å². The van der Waals surface area contributed by atoms with Crippen LogP contribution in [0.2, 0.25) is 0 Å². The van der Waals surface area contributed by atoms with E-state index in [-0.39, 0.29) is 29.8 Å². The third kappa shape index (κ3) is 4.30. The molecule has 0 aromatic heterocycles. The first-order valence-electron chi connectivity index (χ1n) is 6.93. The molecule has 3 N–H and O–H groups in total. The second-order valence-electron chi connectivity index (χ2n) is 5.64. The lowest BCUT2D eigenvalue weighted by atomic mass is 9.98. The molecule has 1 aromatic carbocycles. The number of hydrogen-bond acceptors (Lipinski definition) is 5. The lowest BCUT2D eigenvalue weighted by Crippen LogP contribution is -2.53. The summed E-state index contributed by atoms with van der Waals surface area (Å²) in [7, 11) is -0.778. The van der Waals surface area contributed by atoms with Crippen LogP contribution >= 0.6 is 28.3 Å². The summed E-state index contributed by atoms with van der Waals surface area (Å²) in [4.78, 5) is 0.102. The Morgan fingerprint density at radius 1 is 1.30 bits per heavy atom. The summed E-state index contributed by atoms with van der Waals surface area (Å²) in [5, 5.41) is 0. The Balaban J connectivity index is 0.00000264. The highest BCUT2D eigenvalue weighted by atomic mass is 79.9. The lowest BCUT2D eigenvalue weighted by Gasteiger charge is -2.29. The first kappa shape index (κ1) is 20.5. The minimum Gasteiger partial charge on any atom is -0.493 e. The molecule has 132 valence electrons. The van der Waals surface area contributed by atoms with Gasteiger partial charge < -0.3 is 15.2 Å². The fourth-order valence-corrected chi connectivity index (χ4v) is 4.93. The molecule has 9 heteroatoms. The summed E-state index contributed by atoms with van der Waals surface area (Å²) in [6, 6.07) is 3.01. The van der Waals surface area contributed by atoms with E-state index in [4.69, 9.17) is 15.2 Å². The fourth-order valence-electron chi connectivity index (χ4n) is 2.42. The van der Waals surface area contributed by atoms with Crippen LogP contribution in [-0.2, 0) is 10.0 Å². The molecule has 0 heterocycles. The molecule has 1 atom stereocenters. The Bertz CT molecular complexity index is 667. The maximum atomic E-state index is 12.7. The highest BCUT2D eigenvalue weighted by Crippen LogP contribution is 2.41. The molecule has 0 aliphatic heterocycles. The van der Waals surface area contributed by atoms with E-state index in [0.717, 1.165) is 12.8 Å². The van der Waals surface area contributed by atoms with Crippen molar-refractivity contribution in [3.63, 3.8) is 0 Å². The van der Waals surface area contributed by atoms with E-state index in [0.29, 0.717) is 16.0 Å². The summed E-state index contributed by atoms with van der Waals surface area (Å²) >= 11 is 3.28. The Morgan fingerprint density at radius 3 is 2.26 bits per heavy atom. The quantitative estimate of drug-likeness (QED) is 0.694. The number of sulfonamides is 1. The van der Waals surface area contributed by atoms with Crippen LogP contribution in [0.3, 0.4) is 0 Å². The van der Waals surface area contributed by atoms with Crippen LogP contribution in [0, 0.1) is 5.92 Å². The van der Waals surface area contributed by atoms with Crippen LogP contribution in [0.15, 0.2) is 21.5 Å². The van der Waals surface area contributed by atoms with Gasteiger partial charge in [-0.15, -0.1) is 12.4 Å². The van der Waals surface area contributed by atoms with Crippen LogP contribution in [-0.4, -0.2) is 34.7 Å². The number of nitrogens with one attached hydrogen (secondary N) is 1. The van der Waals surface area contributed by atoms with Crippen molar-refractivity contribution in [1.82, 2.24) is 4.72 Å². The second kappa shape index (κ2) is 7.57. The summed E-state index contributed by atoms with van der Waals surface area (Å²) in [6.45, 7) is 2.10. The topological polar surface area (TPSA) is 90.7 Å². The van der Waals surface area contributed by atoms with E-state index in [1.165, 1.54) is 20.3 Å². The van der Waals surface area contributed by atoms with Crippen molar-refractivity contribution in [2.75, 3.05) is 20.8 Å². The summed E-state index contributed by atoms with van der Waals surface area (Å²) in [5.41, 5.74) is 5.16. The largest absolute Gasteiger partial charge is 0.493 e. The molecular formula is C14H22BrClN2O4S. The van der Waals surface area contributed by atoms with E-state index in [9.17, 15) is 8.42 Å². The second-order valence-corrected chi connectivity index (χ2v) is 8.14. The predicted octanol–water partition coefficient (Wildman–Crippen LogP) is 2.29. The molecule has 0 bridgehead atoms. The number of ether oxygens (including phenoxy) is 2. The van der Waals surface area contributed by atoms with E-state index >= 15 is 0 Å². The summed E-state index contributed by atoms with van der Waals surface area (Å²) in [6.07, 6.45) is 1.98. The van der Waals surface area contributed by atoms with E-state index < -0.39 is 15.6 Å². The highest BCUT2D eigenvalue weighted by Gasteiger charge is 2.43. The third-order valence-electron chi connectivity index (χ3n) is 4.00. The van der Waals surface area contributed by atoms with Crippen LogP contribution in [0.5, 0.6) is 11.5 Å². The molecule has 1 aromatic rings. The Labute approximate surface area is 151 Å². The summed E-state index contributed by atoms with van der Waals surface area (Å²) < 4.78 is 39.0. The van der Waals surface area contributed by atoms with Gasteiger partial charge in [0.05, 0.1) is 14.2 Å². The number of benzene rings is 1.